The zero-order valence-electron chi connectivity index (χ0n) is 10.5. The molecule has 1 atom stereocenters. The summed E-state index contributed by atoms with van der Waals surface area (Å²) >= 11 is 1.07. The molecule has 6 nitrogen and oxygen atoms in total. The van der Waals surface area contributed by atoms with Crippen LogP contribution >= 0.6 is 11.5 Å². The molecule has 0 radical (unpaired) electrons. The summed E-state index contributed by atoms with van der Waals surface area (Å²) in [6.45, 7) is 4.14. The smallest absolute Gasteiger partial charge is 0.303 e. The maximum absolute atomic E-state index is 11.9. The number of carbonyl (C=O) groups is 2. The molecule has 1 heterocycles. The fourth-order valence-electron chi connectivity index (χ4n) is 1.50. The third kappa shape index (κ3) is 4.40. The SMILES string of the molecule is CCCc1nnsc1C(=O)NCC(C)CC(=O)O. The van der Waals surface area contributed by atoms with Crippen LogP contribution in [0.25, 0.3) is 0 Å². The Kier molecular flexibility index (Phi) is 5.70. The Morgan fingerprint density at radius 2 is 2.22 bits per heavy atom. The number of aryl methyl sites for hydroxylation is 1. The number of carboxylic acids is 1. The van der Waals surface area contributed by atoms with E-state index in [0.717, 1.165) is 24.4 Å². The second-order valence-corrected chi connectivity index (χ2v) is 4.97. The molecule has 0 saturated heterocycles. The lowest BCUT2D eigenvalue weighted by Gasteiger charge is -2.09. The molecule has 0 aliphatic carbocycles. The van der Waals surface area contributed by atoms with Gasteiger partial charge in [-0.05, 0) is 23.9 Å². The highest BCUT2D eigenvalue weighted by Gasteiger charge is 2.16. The van der Waals surface area contributed by atoms with Crippen molar-refractivity contribution in [3.63, 3.8) is 0 Å². The summed E-state index contributed by atoms with van der Waals surface area (Å²) in [7, 11) is 0. The highest BCUT2D eigenvalue weighted by molar-refractivity contribution is 7.08. The lowest BCUT2D eigenvalue weighted by Crippen LogP contribution is -2.29. The molecule has 0 fully saturated rings. The van der Waals surface area contributed by atoms with Crippen LogP contribution in [0.2, 0.25) is 0 Å². The Morgan fingerprint density at radius 3 is 2.83 bits per heavy atom. The average molecular weight is 271 g/mol. The van der Waals surface area contributed by atoms with Gasteiger partial charge in [-0.15, -0.1) is 5.10 Å². The van der Waals surface area contributed by atoms with Crippen LogP contribution in [0.15, 0.2) is 0 Å². The van der Waals surface area contributed by atoms with Crippen molar-refractivity contribution in [1.29, 1.82) is 0 Å². The average Bonchev–Trinajstić information content (AvgIpc) is 2.74. The third-order valence-electron chi connectivity index (χ3n) is 2.38. The van der Waals surface area contributed by atoms with E-state index in [9.17, 15) is 9.59 Å². The molecule has 100 valence electrons. The highest BCUT2D eigenvalue weighted by atomic mass is 32.1. The predicted octanol–water partition coefficient (Wildman–Crippen LogP) is 1.33. The van der Waals surface area contributed by atoms with Crippen LogP contribution in [-0.4, -0.2) is 33.1 Å². The van der Waals surface area contributed by atoms with Gasteiger partial charge < -0.3 is 10.4 Å². The molecule has 0 bridgehead atoms. The van der Waals surface area contributed by atoms with E-state index in [0.29, 0.717) is 17.1 Å². The van der Waals surface area contributed by atoms with Gasteiger partial charge >= 0.3 is 5.97 Å². The van der Waals surface area contributed by atoms with Crippen LogP contribution in [0.4, 0.5) is 0 Å². The Hall–Kier alpha value is -1.50. The first-order chi connectivity index (χ1) is 8.54. The van der Waals surface area contributed by atoms with Crippen molar-refractivity contribution in [3.05, 3.63) is 10.6 Å². The Balaban J connectivity index is 2.49. The van der Waals surface area contributed by atoms with E-state index in [-0.39, 0.29) is 18.2 Å². The van der Waals surface area contributed by atoms with Gasteiger partial charge in [0.1, 0.15) is 4.88 Å². The number of aliphatic carboxylic acids is 1. The number of carboxylic acid groups (broad SMARTS) is 1. The van der Waals surface area contributed by atoms with Gasteiger partial charge in [-0.25, -0.2) is 0 Å². The number of hydrogen-bond donors (Lipinski definition) is 2. The van der Waals surface area contributed by atoms with Gasteiger partial charge in [0, 0.05) is 13.0 Å². The van der Waals surface area contributed by atoms with Crippen LogP contribution in [0.3, 0.4) is 0 Å². The normalized spacial score (nSPS) is 12.1. The summed E-state index contributed by atoms with van der Waals surface area (Å²) < 4.78 is 3.77. The van der Waals surface area contributed by atoms with Crippen LogP contribution in [0.5, 0.6) is 0 Å². The summed E-state index contributed by atoms with van der Waals surface area (Å²) in [6, 6.07) is 0. The summed E-state index contributed by atoms with van der Waals surface area (Å²) in [5.74, 6) is -1.17. The van der Waals surface area contributed by atoms with Gasteiger partial charge in [0.2, 0.25) is 0 Å². The van der Waals surface area contributed by atoms with Crippen molar-refractivity contribution in [1.82, 2.24) is 14.9 Å². The number of carbonyl (C=O) groups excluding carboxylic acids is 1. The second kappa shape index (κ2) is 7.05. The number of amides is 1. The minimum atomic E-state index is -0.858. The highest BCUT2D eigenvalue weighted by Crippen LogP contribution is 2.12. The summed E-state index contributed by atoms with van der Waals surface area (Å²) in [5, 5.41) is 15.2. The molecule has 0 aromatic carbocycles. The largest absolute Gasteiger partial charge is 0.481 e. The maximum Gasteiger partial charge on any atom is 0.303 e. The topological polar surface area (TPSA) is 92.2 Å². The molecule has 2 N–H and O–H groups in total. The first-order valence-electron chi connectivity index (χ1n) is 5.85. The minimum Gasteiger partial charge on any atom is -0.481 e. The number of nitrogens with zero attached hydrogens (tertiary/aromatic N) is 2. The van der Waals surface area contributed by atoms with Gasteiger partial charge in [-0.2, -0.15) is 0 Å². The first-order valence-corrected chi connectivity index (χ1v) is 6.63. The van der Waals surface area contributed by atoms with Gasteiger partial charge in [-0.1, -0.05) is 24.8 Å². The van der Waals surface area contributed by atoms with Crippen molar-refractivity contribution in [2.45, 2.75) is 33.1 Å². The second-order valence-electron chi connectivity index (χ2n) is 4.21. The van der Waals surface area contributed by atoms with Gasteiger partial charge in [-0.3, -0.25) is 9.59 Å². The lowest BCUT2D eigenvalue weighted by atomic mass is 10.1. The zero-order valence-corrected chi connectivity index (χ0v) is 11.3. The molecule has 0 spiro atoms. The number of hydrogen-bond acceptors (Lipinski definition) is 5. The fraction of sp³-hybridized carbons (Fsp3) is 0.636. The number of aromatic nitrogens is 2. The van der Waals surface area contributed by atoms with Crippen LogP contribution in [0, 0.1) is 5.92 Å². The Labute approximate surface area is 110 Å². The van der Waals surface area contributed by atoms with E-state index >= 15 is 0 Å². The quantitative estimate of drug-likeness (QED) is 0.780. The molecule has 7 heteroatoms. The van der Waals surface area contributed by atoms with Gasteiger partial charge in [0.05, 0.1) is 5.69 Å². The molecular weight excluding hydrogens is 254 g/mol. The molecule has 1 aromatic heterocycles. The summed E-state index contributed by atoms with van der Waals surface area (Å²) in [6.07, 6.45) is 1.67. The Bertz CT molecular complexity index is 419. The van der Waals surface area contributed by atoms with E-state index in [1.807, 2.05) is 6.92 Å². The van der Waals surface area contributed by atoms with E-state index < -0.39 is 5.97 Å². The molecule has 1 rings (SSSR count). The molecule has 1 amide bonds. The zero-order chi connectivity index (χ0) is 13.5. The molecule has 0 saturated carbocycles. The van der Waals surface area contributed by atoms with Crippen LogP contribution < -0.4 is 5.32 Å². The summed E-state index contributed by atoms with van der Waals surface area (Å²) in [5.41, 5.74) is 0.714. The first kappa shape index (κ1) is 14.6. The standard InChI is InChI=1S/C11H17N3O3S/c1-3-4-8-10(18-14-13-8)11(17)12-6-7(2)5-9(15)16/h7H,3-6H2,1-2H3,(H,12,17)(H,15,16). The van der Waals surface area contributed by atoms with E-state index in [2.05, 4.69) is 14.9 Å². The minimum absolute atomic E-state index is 0.0447. The number of nitrogens with one attached hydrogen (secondary N) is 1. The third-order valence-corrected chi connectivity index (χ3v) is 3.15. The van der Waals surface area contributed by atoms with Gasteiger partial charge in [0.15, 0.2) is 0 Å². The van der Waals surface area contributed by atoms with Crippen molar-refractivity contribution >= 4 is 23.4 Å². The van der Waals surface area contributed by atoms with Gasteiger partial charge in [0.25, 0.3) is 5.91 Å². The summed E-state index contributed by atoms with van der Waals surface area (Å²) in [4.78, 5) is 22.9. The molecule has 0 aliphatic rings. The van der Waals surface area contributed by atoms with Crippen LogP contribution in [-0.2, 0) is 11.2 Å². The van der Waals surface area contributed by atoms with E-state index in [1.165, 1.54) is 0 Å². The monoisotopic (exact) mass is 271 g/mol. The van der Waals surface area contributed by atoms with E-state index in [4.69, 9.17) is 5.11 Å². The fourth-order valence-corrected chi connectivity index (χ4v) is 2.12. The lowest BCUT2D eigenvalue weighted by molar-refractivity contribution is -0.137. The van der Waals surface area contributed by atoms with Crippen molar-refractivity contribution in [2.24, 2.45) is 5.92 Å². The molecule has 1 aromatic rings. The van der Waals surface area contributed by atoms with Crippen LogP contribution in [0.1, 0.15) is 42.1 Å². The maximum atomic E-state index is 11.9. The van der Waals surface area contributed by atoms with Crippen molar-refractivity contribution in [2.75, 3.05) is 6.54 Å². The molecule has 0 aliphatic heterocycles. The van der Waals surface area contributed by atoms with Crippen molar-refractivity contribution in [3.8, 4) is 0 Å². The Morgan fingerprint density at radius 1 is 1.50 bits per heavy atom. The van der Waals surface area contributed by atoms with E-state index in [1.54, 1.807) is 6.92 Å². The number of rotatable bonds is 7. The van der Waals surface area contributed by atoms with Crippen molar-refractivity contribution < 1.29 is 14.7 Å². The predicted molar refractivity (Wildman–Crippen MR) is 67.7 cm³/mol. The molecule has 18 heavy (non-hydrogen) atoms. The molecule has 1 unspecified atom stereocenters. The molecular formula is C11H17N3O3S.